The second kappa shape index (κ2) is 6.50. The highest BCUT2D eigenvalue weighted by Gasteiger charge is 2.18. The zero-order valence-corrected chi connectivity index (χ0v) is 14.7. The van der Waals surface area contributed by atoms with E-state index in [1.54, 1.807) is 0 Å². The second-order valence-corrected chi connectivity index (χ2v) is 7.04. The van der Waals surface area contributed by atoms with Crippen LogP contribution < -0.4 is 4.90 Å². The third kappa shape index (κ3) is 3.14. The molecule has 1 fully saturated rings. The van der Waals surface area contributed by atoms with Crippen molar-refractivity contribution in [3.8, 4) is 0 Å². The molecule has 0 saturated carbocycles. The van der Waals surface area contributed by atoms with E-state index >= 15 is 0 Å². The number of fused-ring (bicyclic) bond motifs is 1. The van der Waals surface area contributed by atoms with Gasteiger partial charge in [0.1, 0.15) is 0 Å². The van der Waals surface area contributed by atoms with E-state index in [2.05, 4.69) is 58.2 Å². The van der Waals surface area contributed by atoms with E-state index in [1.165, 1.54) is 27.7 Å². The lowest BCUT2D eigenvalue weighted by Crippen LogP contribution is -2.45. The van der Waals surface area contributed by atoms with Gasteiger partial charge in [-0.1, -0.05) is 23.7 Å². The maximum absolute atomic E-state index is 5.98. The molecule has 0 aliphatic carbocycles. The first-order valence-electron chi connectivity index (χ1n) is 8.48. The molecule has 1 N–H and O–H groups in total. The average molecular weight is 340 g/mol. The molecule has 1 aliphatic heterocycles. The van der Waals surface area contributed by atoms with Crippen LogP contribution in [0.25, 0.3) is 10.9 Å². The van der Waals surface area contributed by atoms with Crippen molar-refractivity contribution in [1.29, 1.82) is 0 Å². The largest absolute Gasteiger partial charge is 0.369 e. The van der Waals surface area contributed by atoms with Crippen LogP contribution in [0.2, 0.25) is 5.02 Å². The number of benzene rings is 2. The molecule has 0 atom stereocenters. The third-order valence-electron chi connectivity index (χ3n) is 4.88. The number of nitrogens with one attached hydrogen (secondary N) is 1. The predicted octanol–water partition coefficient (Wildman–Crippen LogP) is 4.45. The van der Waals surface area contributed by atoms with E-state index in [4.69, 9.17) is 11.6 Å². The fourth-order valence-electron chi connectivity index (χ4n) is 3.49. The number of hydrogen-bond acceptors (Lipinski definition) is 2. The van der Waals surface area contributed by atoms with Crippen molar-refractivity contribution in [2.24, 2.45) is 0 Å². The molecule has 3 nitrogen and oxygen atoms in total. The molecule has 1 aliphatic rings. The van der Waals surface area contributed by atoms with Gasteiger partial charge in [-0.05, 0) is 48.4 Å². The summed E-state index contributed by atoms with van der Waals surface area (Å²) in [5, 5.41) is 2.15. The molecule has 2 heterocycles. The molecule has 0 spiro atoms. The Kier molecular flexibility index (Phi) is 4.21. The normalized spacial score (nSPS) is 16.0. The monoisotopic (exact) mass is 339 g/mol. The van der Waals surface area contributed by atoms with Gasteiger partial charge in [-0.3, -0.25) is 4.90 Å². The van der Waals surface area contributed by atoms with Gasteiger partial charge in [-0.15, -0.1) is 0 Å². The number of aryl methyl sites for hydroxylation is 1. The highest BCUT2D eigenvalue weighted by atomic mass is 35.5. The van der Waals surface area contributed by atoms with Crippen molar-refractivity contribution >= 4 is 28.2 Å². The SMILES string of the molecule is Cc1ccc2c(CN3CCN(c4ccc(Cl)cc4)CC3)c[nH]c2c1. The number of rotatable bonds is 3. The zero-order valence-electron chi connectivity index (χ0n) is 13.9. The average Bonchev–Trinajstić information content (AvgIpc) is 2.98. The van der Waals surface area contributed by atoms with Gasteiger partial charge in [0.25, 0.3) is 0 Å². The first-order chi connectivity index (χ1) is 11.7. The summed E-state index contributed by atoms with van der Waals surface area (Å²) in [5.41, 5.74) is 5.20. The van der Waals surface area contributed by atoms with E-state index < -0.39 is 0 Å². The molecule has 2 aromatic carbocycles. The van der Waals surface area contributed by atoms with E-state index in [0.717, 1.165) is 37.7 Å². The van der Waals surface area contributed by atoms with Crippen molar-refractivity contribution in [2.75, 3.05) is 31.1 Å². The van der Waals surface area contributed by atoms with Gasteiger partial charge >= 0.3 is 0 Å². The van der Waals surface area contributed by atoms with Crippen molar-refractivity contribution in [2.45, 2.75) is 13.5 Å². The molecule has 3 aromatic rings. The molecule has 24 heavy (non-hydrogen) atoms. The van der Waals surface area contributed by atoms with Crippen LogP contribution in [0, 0.1) is 6.92 Å². The minimum absolute atomic E-state index is 0.798. The van der Waals surface area contributed by atoms with Crippen LogP contribution in [-0.4, -0.2) is 36.1 Å². The van der Waals surface area contributed by atoms with Crippen LogP contribution in [0.4, 0.5) is 5.69 Å². The Morgan fingerprint density at radius 2 is 1.75 bits per heavy atom. The molecule has 1 aromatic heterocycles. The number of aromatic amines is 1. The van der Waals surface area contributed by atoms with E-state index in [-0.39, 0.29) is 0 Å². The molecule has 0 bridgehead atoms. The van der Waals surface area contributed by atoms with Crippen LogP contribution >= 0.6 is 11.6 Å². The van der Waals surface area contributed by atoms with Gasteiger partial charge in [0, 0.05) is 60.5 Å². The maximum atomic E-state index is 5.98. The molecule has 0 radical (unpaired) electrons. The summed E-state index contributed by atoms with van der Waals surface area (Å²) in [6.45, 7) is 7.43. The van der Waals surface area contributed by atoms with Crippen LogP contribution in [-0.2, 0) is 6.54 Å². The topological polar surface area (TPSA) is 22.3 Å². The number of anilines is 1. The Balaban J connectivity index is 1.41. The summed E-state index contributed by atoms with van der Waals surface area (Å²) in [7, 11) is 0. The van der Waals surface area contributed by atoms with Gasteiger partial charge < -0.3 is 9.88 Å². The van der Waals surface area contributed by atoms with Crippen LogP contribution in [0.15, 0.2) is 48.7 Å². The Morgan fingerprint density at radius 3 is 2.50 bits per heavy atom. The van der Waals surface area contributed by atoms with Gasteiger partial charge in [-0.25, -0.2) is 0 Å². The number of piperazine rings is 1. The second-order valence-electron chi connectivity index (χ2n) is 6.60. The highest BCUT2D eigenvalue weighted by molar-refractivity contribution is 6.30. The quantitative estimate of drug-likeness (QED) is 0.761. The smallest absolute Gasteiger partial charge is 0.0459 e. The van der Waals surface area contributed by atoms with Gasteiger partial charge in [0.05, 0.1) is 0 Å². The predicted molar refractivity (Wildman–Crippen MR) is 102 cm³/mol. The summed E-state index contributed by atoms with van der Waals surface area (Å²) in [6.07, 6.45) is 2.16. The summed E-state index contributed by atoms with van der Waals surface area (Å²) in [5.74, 6) is 0. The van der Waals surface area contributed by atoms with Crippen molar-refractivity contribution < 1.29 is 0 Å². The van der Waals surface area contributed by atoms with E-state index in [9.17, 15) is 0 Å². The molecule has 1 saturated heterocycles. The lowest BCUT2D eigenvalue weighted by atomic mass is 10.1. The van der Waals surface area contributed by atoms with Crippen LogP contribution in [0.1, 0.15) is 11.1 Å². The molecule has 4 heteroatoms. The molecule has 124 valence electrons. The number of hydrogen-bond donors (Lipinski definition) is 1. The molecular formula is C20H22ClN3. The van der Waals surface area contributed by atoms with Crippen LogP contribution in [0.5, 0.6) is 0 Å². The lowest BCUT2D eigenvalue weighted by molar-refractivity contribution is 0.250. The number of aromatic nitrogens is 1. The first-order valence-corrected chi connectivity index (χ1v) is 8.86. The fraction of sp³-hybridized carbons (Fsp3) is 0.300. The van der Waals surface area contributed by atoms with E-state index in [1.807, 2.05) is 12.1 Å². The highest BCUT2D eigenvalue weighted by Crippen LogP contribution is 2.23. The fourth-order valence-corrected chi connectivity index (χ4v) is 3.61. The number of H-pyrrole nitrogens is 1. The maximum Gasteiger partial charge on any atom is 0.0459 e. The standard InChI is InChI=1S/C20H22ClN3/c1-15-2-7-19-16(13-22-20(19)12-15)14-23-8-10-24(11-9-23)18-5-3-17(21)4-6-18/h2-7,12-13,22H,8-11,14H2,1H3. The van der Waals surface area contributed by atoms with E-state index in [0.29, 0.717) is 0 Å². The number of nitrogens with zero attached hydrogens (tertiary/aromatic N) is 2. The van der Waals surface area contributed by atoms with Gasteiger partial charge in [0.15, 0.2) is 0 Å². The Labute approximate surface area is 147 Å². The Bertz CT molecular complexity index is 830. The van der Waals surface area contributed by atoms with Gasteiger partial charge in [0.2, 0.25) is 0 Å². The zero-order chi connectivity index (χ0) is 16.5. The number of halogens is 1. The molecule has 0 unspecified atom stereocenters. The Hall–Kier alpha value is -1.97. The minimum atomic E-state index is 0.798. The third-order valence-corrected chi connectivity index (χ3v) is 5.13. The van der Waals surface area contributed by atoms with Crippen LogP contribution in [0.3, 0.4) is 0 Å². The minimum Gasteiger partial charge on any atom is -0.369 e. The summed E-state index contributed by atoms with van der Waals surface area (Å²) in [6, 6.07) is 14.8. The Morgan fingerprint density at radius 1 is 1.00 bits per heavy atom. The molecular weight excluding hydrogens is 318 g/mol. The molecule has 4 rings (SSSR count). The molecule has 0 amide bonds. The summed E-state index contributed by atoms with van der Waals surface area (Å²) in [4.78, 5) is 8.38. The first kappa shape index (κ1) is 15.6. The summed E-state index contributed by atoms with van der Waals surface area (Å²) >= 11 is 5.98. The van der Waals surface area contributed by atoms with Gasteiger partial charge in [-0.2, -0.15) is 0 Å². The lowest BCUT2D eigenvalue weighted by Gasteiger charge is -2.36. The van der Waals surface area contributed by atoms with Crippen molar-refractivity contribution in [3.05, 3.63) is 64.8 Å². The van der Waals surface area contributed by atoms with Crippen molar-refractivity contribution in [1.82, 2.24) is 9.88 Å². The summed E-state index contributed by atoms with van der Waals surface area (Å²) < 4.78 is 0. The van der Waals surface area contributed by atoms with Crippen molar-refractivity contribution in [3.63, 3.8) is 0 Å².